The summed E-state index contributed by atoms with van der Waals surface area (Å²) in [5, 5.41) is 3.68. The standard InChI is InChI=1S/C14H8F3N3O2/c15-14(16,17)9-5-3-8(4-6-9)11-19-13(22-20-11)10-2-1-7-18-12(10)21/h1-7H,(H,18,21). The number of halogens is 3. The first kappa shape index (κ1) is 14.1. The van der Waals surface area contributed by atoms with Gasteiger partial charge in [0, 0.05) is 11.8 Å². The van der Waals surface area contributed by atoms with Gasteiger partial charge in [-0.2, -0.15) is 18.2 Å². The maximum atomic E-state index is 12.5. The number of benzene rings is 1. The van der Waals surface area contributed by atoms with Crippen LogP contribution < -0.4 is 5.56 Å². The Bertz CT molecular complexity index is 851. The summed E-state index contributed by atoms with van der Waals surface area (Å²) < 4.78 is 42.5. The minimum Gasteiger partial charge on any atom is -0.333 e. The topological polar surface area (TPSA) is 71.8 Å². The first-order valence-electron chi connectivity index (χ1n) is 6.14. The number of hydrogen-bond acceptors (Lipinski definition) is 4. The van der Waals surface area contributed by atoms with Crippen LogP contribution in [-0.4, -0.2) is 15.1 Å². The lowest BCUT2D eigenvalue weighted by atomic mass is 10.1. The molecule has 0 atom stereocenters. The fourth-order valence-electron chi connectivity index (χ4n) is 1.85. The molecule has 1 N–H and O–H groups in total. The molecule has 0 radical (unpaired) electrons. The fourth-order valence-corrected chi connectivity index (χ4v) is 1.85. The highest BCUT2D eigenvalue weighted by atomic mass is 19.4. The summed E-state index contributed by atoms with van der Waals surface area (Å²) in [4.78, 5) is 18.1. The molecule has 0 bridgehead atoms. The van der Waals surface area contributed by atoms with Crippen LogP contribution in [0.5, 0.6) is 0 Å². The molecule has 0 saturated heterocycles. The zero-order valence-corrected chi connectivity index (χ0v) is 10.9. The predicted octanol–water partition coefficient (Wildman–Crippen LogP) is 3.11. The van der Waals surface area contributed by atoms with Crippen molar-refractivity contribution in [2.45, 2.75) is 6.18 Å². The van der Waals surface area contributed by atoms with Gasteiger partial charge in [0.15, 0.2) is 0 Å². The quantitative estimate of drug-likeness (QED) is 0.789. The van der Waals surface area contributed by atoms with Crippen molar-refractivity contribution in [3.63, 3.8) is 0 Å². The molecule has 3 aromatic rings. The van der Waals surface area contributed by atoms with Gasteiger partial charge in [0.25, 0.3) is 11.4 Å². The van der Waals surface area contributed by atoms with Crippen LogP contribution in [0.4, 0.5) is 13.2 Å². The molecule has 0 fully saturated rings. The summed E-state index contributed by atoms with van der Waals surface area (Å²) in [6.45, 7) is 0. The number of aromatic amines is 1. The minimum absolute atomic E-state index is 0.00301. The molecule has 8 heteroatoms. The SMILES string of the molecule is O=c1[nH]cccc1-c1nc(-c2ccc(C(F)(F)F)cc2)no1. The summed E-state index contributed by atoms with van der Waals surface area (Å²) in [7, 11) is 0. The summed E-state index contributed by atoms with van der Waals surface area (Å²) >= 11 is 0. The third kappa shape index (κ3) is 2.62. The van der Waals surface area contributed by atoms with Crippen molar-refractivity contribution in [2.75, 3.05) is 0 Å². The zero-order valence-electron chi connectivity index (χ0n) is 10.9. The number of nitrogens with zero attached hydrogens (tertiary/aromatic N) is 2. The average molecular weight is 307 g/mol. The first-order chi connectivity index (χ1) is 10.4. The predicted molar refractivity (Wildman–Crippen MR) is 70.8 cm³/mol. The van der Waals surface area contributed by atoms with Crippen molar-refractivity contribution in [3.05, 3.63) is 58.5 Å². The zero-order chi connectivity index (χ0) is 15.7. The van der Waals surface area contributed by atoms with Gasteiger partial charge in [-0.25, -0.2) is 0 Å². The Hall–Kier alpha value is -2.90. The van der Waals surface area contributed by atoms with Crippen LogP contribution in [-0.2, 0) is 6.18 Å². The van der Waals surface area contributed by atoms with Crippen molar-refractivity contribution in [1.29, 1.82) is 0 Å². The molecule has 1 aromatic carbocycles. The molecule has 0 spiro atoms. The monoisotopic (exact) mass is 307 g/mol. The maximum Gasteiger partial charge on any atom is 0.416 e. The molecular weight excluding hydrogens is 299 g/mol. The molecule has 0 unspecified atom stereocenters. The van der Waals surface area contributed by atoms with Crippen molar-refractivity contribution < 1.29 is 17.7 Å². The first-order valence-corrected chi connectivity index (χ1v) is 6.14. The van der Waals surface area contributed by atoms with Crippen LogP contribution in [0.1, 0.15) is 5.56 Å². The molecule has 0 aliphatic rings. The second-order valence-corrected chi connectivity index (χ2v) is 4.41. The number of alkyl halides is 3. The van der Waals surface area contributed by atoms with Crippen molar-refractivity contribution in [3.8, 4) is 22.8 Å². The second-order valence-electron chi connectivity index (χ2n) is 4.41. The molecule has 112 valence electrons. The Labute approximate surface area is 121 Å². The lowest BCUT2D eigenvalue weighted by Crippen LogP contribution is -2.06. The Morgan fingerprint density at radius 1 is 1.09 bits per heavy atom. The maximum absolute atomic E-state index is 12.5. The van der Waals surface area contributed by atoms with Crippen LogP contribution in [0, 0.1) is 0 Å². The third-order valence-corrected chi connectivity index (χ3v) is 2.95. The molecule has 5 nitrogen and oxygen atoms in total. The summed E-state index contributed by atoms with van der Waals surface area (Å²) in [6.07, 6.45) is -2.95. The molecule has 0 saturated carbocycles. The molecule has 3 rings (SSSR count). The number of aromatic nitrogens is 3. The number of nitrogens with one attached hydrogen (secondary N) is 1. The number of hydrogen-bond donors (Lipinski definition) is 1. The smallest absolute Gasteiger partial charge is 0.333 e. The molecule has 0 amide bonds. The van der Waals surface area contributed by atoms with E-state index in [2.05, 4.69) is 15.1 Å². The van der Waals surface area contributed by atoms with E-state index in [0.29, 0.717) is 5.56 Å². The highest BCUT2D eigenvalue weighted by Gasteiger charge is 2.30. The second kappa shape index (κ2) is 5.14. The van der Waals surface area contributed by atoms with E-state index >= 15 is 0 Å². The lowest BCUT2D eigenvalue weighted by molar-refractivity contribution is -0.137. The molecule has 0 aliphatic heterocycles. The van der Waals surface area contributed by atoms with Crippen LogP contribution in [0.25, 0.3) is 22.8 Å². The molecular formula is C14H8F3N3O2. The molecule has 0 aliphatic carbocycles. The Kier molecular flexibility index (Phi) is 3.28. The van der Waals surface area contributed by atoms with Crippen LogP contribution in [0.2, 0.25) is 0 Å². The number of rotatable bonds is 2. The Morgan fingerprint density at radius 2 is 1.82 bits per heavy atom. The van der Waals surface area contributed by atoms with Gasteiger partial charge in [0.2, 0.25) is 5.82 Å². The minimum atomic E-state index is -4.40. The van der Waals surface area contributed by atoms with E-state index in [1.807, 2.05) is 0 Å². The summed E-state index contributed by atoms with van der Waals surface area (Å²) in [6, 6.07) is 7.45. The Morgan fingerprint density at radius 3 is 2.45 bits per heavy atom. The van der Waals surface area contributed by atoms with Crippen molar-refractivity contribution in [1.82, 2.24) is 15.1 Å². The van der Waals surface area contributed by atoms with Gasteiger partial charge >= 0.3 is 6.18 Å². The normalized spacial score (nSPS) is 11.6. The van der Waals surface area contributed by atoms with Gasteiger partial charge in [-0.05, 0) is 24.3 Å². The Balaban J connectivity index is 1.95. The van der Waals surface area contributed by atoms with Crippen LogP contribution >= 0.6 is 0 Å². The lowest BCUT2D eigenvalue weighted by Gasteiger charge is -2.05. The van der Waals surface area contributed by atoms with Gasteiger partial charge in [0.05, 0.1) is 5.56 Å². The van der Waals surface area contributed by atoms with E-state index in [4.69, 9.17) is 4.52 Å². The largest absolute Gasteiger partial charge is 0.416 e. The van der Waals surface area contributed by atoms with E-state index < -0.39 is 17.3 Å². The highest BCUT2D eigenvalue weighted by Crippen LogP contribution is 2.30. The third-order valence-electron chi connectivity index (χ3n) is 2.95. The number of pyridine rings is 1. The van der Waals surface area contributed by atoms with Gasteiger partial charge < -0.3 is 9.51 Å². The van der Waals surface area contributed by atoms with E-state index in [1.54, 1.807) is 6.07 Å². The molecule has 2 heterocycles. The van der Waals surface area contributed by atoms with Crippen molar-refractivity contribution >= 4 is 0 Å². The highest BCUT2D eigenvalue weighted by molar-refractivity contribution is 5.59. The van der Waals surface area contributed by atoms with E-state index in [9.17, 15) is 18.0 Å². The summed E-state index contributed by atoms with van der Waals surface area (Å²) in [5.74, 6) is 0.101. The van der Waals surface area contributed by atoms with Crippen LogP contribution in [0.3, 0.4) is 0 Å². The molecule has 2 aromatic heterocycles. The van der Waals surface area contributed by atoms with E-state index in [1.165, 1.54) is 24.4 Å². The van der Waals surface area contributed by atoms with Crippen LogP contribution in [0.15, 0.2) is 51.9 Å². The fraction of sp³-hybridized carbons (Fsp3) is 0.0714. The van der Waals surface area contributed by atoms with Gasteiger partial charge in [-0.15, -0.1) is 0 Å². The van der Waals surface area contributed by atoms with E-state index in [-0.39, 0.29) is 17.3 Å². The average Bonchev–Trinajstić information content (AvgIpc) is 2.96. The summed E-state index contributed by atoms with van der Waals surface area (Å²) in [5.41, 5.74) is -0.617. The van der Waals surface area contributed by atoms with E-state index in [0.717, 1.165) is 12.1 Å². The number of H-pyrrole nitrogens is 1. The van der Waals surface area contributed by atoms with Gasteiger partial charge in [-0.3, -0.25) is 4.79 Å². The van der Waals surface area contributed by atoms with Gasteiger partial charge in [0.1, 0.15) is 5.56 Å². The van der Waals surface area contributed by atoms with Gasteiger partial charge in [-0.1, -0.05) is 17.3 Å². The van der Waals surface area contributed by atoms with Crippen molar-refractivity contribution in [2.24, 2.45) is 0 Å². The molecule has 22 heavy (non-hydrogen) atoms.